The van der Waals surface area contributed by atoms with E-state index >= 15 is 0 Å². The minimum atomic E-state index is 0.0613. The standard InChI is InChI=1S/C16H25N3O/c1-4-17-12(2)15-7-5-6-8-16(15)19-10-9-14(11-19)18-13(3)20/h5-8,12,14,17H,4,9-11H2,1-3H3,(H,18,20). The summed E-state index contributed by atoms with van der Waals surface area (Å²) in [5, 5.41) is 6.49. The van der Waals surface area contributed by atoms with Gasteiger partial charge in [-0.3, -0.25) is 4.79 Å². The summed E-state index contributed by atoms with van der Waals surface area (Å²) in [7, 11) is 0. The number of carbonyl (C=O) groups excluding carboxylic acids is 1. The lowest BCUT2D eigenvalue weighted by molar-refractivity contribution is -0.119. The Hall–Kier alpha value is -1.55. The third-order valence-corrected chi connectivity index (χ3v) is 3.85. The van der Waals surface area contributed by atoms with Crippen LogP contribution in [0.1, 0.15) is 38.8 Å². The molecular formula is C16H25N3O. The van der Waals surface area contributed by atoms with E-state index < -0.39 is 0 Å². The first-order chi connectivity index (χ1) is 9.61. The van der Waals surface area contributed by atoms with Crippen LogP contribution in [0.2, 0.25) is 0 Å². The van der Waals surface area contributed by atoms with Crippen LogP contribution in [-0.4, -0.2) is 31.6 Å². The van der Waals surface area contributed by atoms with Crippen LogP contribution < -0.4 is 15.5 Å². The van der Waals surface area contributed by atoms with Crippen molar-refractivity contribution < 1.29 is 4.79 Å². The molecule has 1 aromatic carbocycles. The van der Waals surface area contributed by atoms with E-state index in [4.69, 9.17) is 0 Å². The number of para-hydroxylation sites is 1. The summed E-state index contributed by atoms with van der Waals surface area (Å²) in [5.41, 5.74) is 2.62. The number of hydrogen-bond donors (Lipinski definition) is 2. The quantitative estimate of drug-likeness (QED) is 0.864. The average molecular weight is 275 g/mol. The van der Waals surface area contributed by atoms with Gasteiger partial charge in [0.1, 0.15) is 0 Å². The second-order valence-electron chi connectivity index (χ2n) is 5.47. The zero-order valence-electron chi connectivity index (χ0n) is 12.6. The number of rotatable bonds is 5. The van der Waals surface area contributed by atoms with Crippen molar-refractivity contribution in [1.29, 1.82) is 0 Å². The molecular weight excluding hydrogens is 250 g/mol. The summed E-state index contributed by atoms with van der Waals surface area (Å²) in [6.45, 7) is 8.77. The van der Waals surface area contributed by atoms with E-state index in [1.807, 2.05) is 0 Å². The van der Waals surface area contributed by atoms with Gasteiger partial charge in [0, 0.05) is 37.8 Å². The fraction of sp³-hybridized carbons (Fsp3) is 0.562. The predicted molar refractivity (Wildman–Crippen MR) is 83.0 cm³/mol. The van der Waals surface area contributed by atoms with Crippen molar-refractivity contribution in [3.05, 3.63) is 29.8 Å². The highest BCUT2D eigenvalue weighted by atomic mass is 16.1. The van der Waals surface area contributed by atoms with E-state index in [1.165, 1.54) is 11.3 Å². The summed E-state index contributed by atoms with van der Waals surface area (Å²) in [6.07, 6.45) is 1.02. The molecule has 1 amide bonds. The lowest BCUT2D eigenvalue weighted by atomic mass is 10.1. The molecule has 2 atom stereocenters. The first-order valence-corrected chi connectivity index (χ1v) is 7.46. The zero-order chi connectivity index (χ0) is 14.5. The molecule has 4 heteroatoms. The molecule has 0 spiro atoms. The van der Waals surface area contributed by atoms with E-state index in [9.17, 15) is 4.79 Å². The van der Waals surface area contributed by atoms with E-state index in [-0.39, 0.29) is 11.9 Å². The molecule has 1 fully saturated rings. The molecule has 0 saturated carbocycles. The van der Waals surface area contributed by atoms with E-state index in [0.717, 1.165) is 26.1 Å². The Morgan fingerprint density at radius 1 is 1.45 bits per heavy atom. The number of carbonyl (C=O) groups is 1. The Labute approximate surface area is 121 Å². The van der Waals surface area contributed by atoms with E-state index in [2.05, 4.69) is 53.6 Å². The maximum atomic E-state index is 11.2. The third kappa shape index (κ3) is 3.51. The van der Waals surface area contributed by atoms with Crippen LogP contribution in [0.15, 0.2) is 24.3 Å². The Bertz CT molecular complexity index is 461. The second kappa shape index (κ2) is 6.75. The number of amides is 1. The molecule has 2 unspecified atom stereocenters. The third-order valence-electron chi connectivity index (χ3n) is 3.85. The molecule has 0 radical (unpaired) electrons. The van der Waals surface area contributed by atoms with Crippen molar-refractivity contribution in [2.24, 2.45) is 0 Å². The molecule has 2 N–H and O–H groups in total. The van der Waals surface area contributed by atoms with Crippen molar-refractivity contribution in [3.63, 3.8) is 0 Å². The molecule has 20 heavy (non-hydrogen) atoms. The number of benzene rings is 1. The molecule has 0 bridgehead atoms. The number of nitrogens with zero attached hydrogens (tertiary/aromatic N) is 1. The predicted octanol–water partition coefficient (Wildman–Crippen LogP) is 2.07. The Balaban J connectivity index is 2.11. The Morgan fingerprint density at radius 2 is 2.20 bits per heavy atom. The van der Waals surface area contributed by atoms with Gasteiger partial charge in [0.25, 0.3) is 0 Å². The van der Waals surface area contributed by atoms with Gasteiger partial charge in [-0.1, -0.05) is 25.1 Å². The van der Waals surface area contributed by atoms with Crippen molar-refractivity contribution in [2.45, 2.75) is 39.3 Å². The molecule has 1 saturated heterocycles. The first-order valence-electron chi connectivity index (χ1n) is 7.46. The van der Waals surface area contributed by atoms with Gasteiger partial charge >= 0.3 is 0 Å². The molecule has 1 aliphatic heterocycles. The normalized spacial score (nSPS) is 19.9. The summed E-state index contributed by atoms with van der Waals surface area (Å²) >= 11 is 0. The van der Waals surface area contributed by atoms with Crippen molar-refractivity contribution in [1.82, 2.24) is 10.6 Å². The Kier molecular flexibility index (Phi) is 5.01. The van der Waals surface area contributed by atoms with Gasteiger partial charge in [0.15, 0.2) is 0 Å². The van der Waals surface area contributed by atoms with Crippen LogP contribution in [0.4, 0.5) is 5.69 Å². The van der Waals surface area contributed by atoms with Crippen LogP contribution in [0.5, 0.6) is 0 Å². The van der Waals surface area contributed by atoms with Crippen molar-refractivity contribution >= 4 is 11.6 Å². The maximum absolute atomic E-state index is 11.2. The summed E-state index contributed by atoms with van der Waals surface area (Å²) in [6, 6.07) is 9.16. The average Bonchev–Trinajstić information content (AvgIpc) is 2.86. The largest absolute Gasteiger partial charge is 0.369 e. The molecule has 110 valence electrons. The molecule has 0 aromatic heterocycles. The van der Waals surface area contributed by atoms with Gasteiger partial charge in [-0.05, 0) is 31.5 Å². The van der Waals surface area contributed by atoms with Gasteiger partial charge in [-0.2, -0.15) is 0 Å². The molecule has 0 aliphatic carbocycles. The molecule has 1 aromatic rings. The number of hydrogen-bond acceptors (Lipinski definition) is 3. The van der Waals surface area contributed by atoms with Crippen LogP contribution in [0.3, 0.4) is 0 Å². The highest BCUT2D eigenvalue weighted by Gasteiger charge is 2.25. The minimum absolute atomic E-state index is 0.0613. The van der Waals surface area contributed by atoms with Crippen LogP contribution in [0, 0.1) is 0 Å². The van der Waals surface area contributed by atoms with Crippen molar-refractivity contribution in [3.8, 4) is 0 Å². The highest BCUT2D eigenvalue weighted by molar-refractivity contribution is 5.73. The molecule has 1 aliphatic rings. The number of anilines is 1. The van der Waals surface area contributed by atoms with Gasteiger partial charge < -0.3 is 15.5 Å². The summed E-state index contributed by atoms with van der Waals surface area (Å²) in [4.78, 5) is 13.5. The molecule has 4 nitrogen and oxygen atoms in total. The van der Waals surface area contributed by atoms with Crippen LogP contribution in [0.25, 0.3) is 0 Å². The smallest absolute Gasteiger partial charge is 0.217 e. The minimum Gasteiger partial charge on any atom is -0.369 e. The van der Waals surface area contributed by atoms with Crippen LogP contribution in [-0.2, 0) is 4.79 Å². The number of nitrogens with one attached hydrogen (secondary N) is 2. The fourth-order valence-electron chi connectivity index (χ4n) is 2.94. The van der Waals surface area contributed by atoms with Gasteiger partial charge in [0.2, 0.25) is 5.91 Å². The molecule has 1 heterocycles. The first kappa shape index (κ1) is 14.9. The van der Waals surface area contributed by atoms with Gasteiger partial charge in [-0.25, -0.2) is 0 Å². The lowest BCUT2D eigenvalue weighted by Crippen LogP contribution is -2.35. The Morgan fingerprint density at radius 3 is 2.90 bits per heavy atom. The maximum Gasteiger partial charge on any atom is 0.217 e. The summed E-state index contributed by atoms with van der Waals surface area (Å²) < 4.78 is 0. The summed E-state index contributed by atoms with van der Waals surface area (Å²) in [5.74, 6) is 0.0613. The second-order valence-corrected chi connectivity index (χ2v) is 5.47. The van der Waals surface area contributed by atoms with E-state index in [1.54, 1.807) is 6.92 Å². The van der Waals surface area contributed by atoms with E-state index in [0.29, 0.717) is 6.04 Å². The highest BCUT2D eigenvalue weighted by Crippen LogP contribution is 2.28. The topological polar surface area (TPSA) is 44.4 Å². The molecule has 2 rings (SSSR count). The monoisotopic (exact) mass is 275 g/mol. The van der Waals surface area contributed by atoms with Gasteiger partial charge in [-0.15, -0.1) is 0 Å². The van der Waals surface area contributed by atoms with Gasteiger partial charge in [0.05, 0.1) is 0 Å². The fourth-order valence-corrected chi connectivity index (χ4v) is 2.94. The zero-order valence-corrected chi connectivity index (χ0v) is 12.6. The lowest BCUT2D eigenvalue weighted by Gasteiger charge is -2.25. The van der Waals surface area contributed by atoms with Crippen LogP contribution >= 0.6 is 0 Å². The SMILES string of the molecule is CCNC(C)c1ccccc1N1CCC(NC(C)=O)C1. The van der Waals surface area contributed by atoms with Crippen molar-refractivity contribution in [2.75, 3.05) is 24.5 Å².